The van der Waals surface area contributed by atoms with Gasteiger partial charge in [-0.05, 0) is 21.0 Å². The second-order valence-electron chi connectivity index (χ2n) is 5.64. The molecule has 0 N–H and O–H groups in total. The first-order valence-electron chi connectivity index (χ1n) is 7.52. The third-order valence-corrected chi connectivity index (χ3v) is 4.23. The number of hydrogen-bond donors (Lipinski definition) is 0. The molecule has 0 amide bonds. The van der Waals surface area contributed by atoms with Crippen LogP contribution in [0.2, 0.25) is 5.02 Å². The summed E-state index contributed by atoms with van der Waals surface area (Å²) in [6.45, 7) is 3.96. The van der Waals surface area contributed by atoms with Crippen molar-refractivity contribution in [3.63, 3.8) is 0 Å². The largest absolute Gasteiger partial charge is 0.477 e. The van der Waals surface area contributed by atoms with Gasteiger partial charge in [-0.1, -0.05) is 16.8 Å². The highest BCUT2D eigenvalue weighted by atomic mass is 35.5. The molecule has 0 radical (unpaired) electrons. The Hall–Kier alpha value is -1.93. The molecule has 0 aliphatic carbocycles. The van der Waals surface area contributed by atoms with Gasteiger partial charge in [-0.3, -0.25) is 0 Å². The number of likely N-dealkylation sites (N-methyl/N-ethyl adjacent to an activating group) is 1. The third-order valence-electron chi connectivity index (χ3n) is 3.97. The first-order chi connectivity index (χ1) is 11.1. The van der Waals surface area contributed by atoms with E-state index in [-0.39, 0.29) is 12.1 Å². The van der Waals surface area contributed by atoms with Crippen LogP contribution in [0.5, 0.6) is 5.88 Å². The Bertz CT molecular complexity index is 649. The third kappa shape index (κ3) is 3.23. The lowest BCUT2D eigenvalue weighted by Crippen LogP contribution is -2.36. The Morgan fingerprint density at radius 2 is 2.22 bits per heavy atom. The van der Waals surface area contributed by atoms with Gasteiger partial charge in [0.25, 0.3) is 0 Å². The number of hydrogen-bond acceptors (Lipinski definition) is 7. The predicted molar refractivity (Wildman–Crippen MR) is 87.0 cm³/mol. The molecule has 23 heavy (non-hydrogen) atoms. The van der Waals surface area contributed by atoms with E-state index in [0.29, 0.717) is 23.5 Å². The first kappa shape index (κ1) is 15.9. The van der Waals surface area contributed by atoms with E-state index < -0.39 is 0 Å². The Morgan fingerprint density at radius 1 is 1.39 bits per heavy atom. The molecule has 0 unspecified atom stereocenters. The summed E-state index contributed by atoms with van der Waals surface area (Å²) in [6, 6.07) is 0.467. The van der Waals surface area contributed by atoms with Crippen molar-refractivity contribution >= 4 is 17.5 Å². The average molecular weight is 338 g/mol. The molecule has 2 aromatic heterocycles. The minimum Gasteiger partial charge on any atom is -0.477 e. The summed E-state index contributed by atoms with van der Waals surface area (Å²) in [5, 5.41) is 8.49. The average Bonchev–Trinajstić information content (AvgIpc) is 3.18. The lowest BCUT2D eigenvalue weighted by Gasteiger charge is -2.24. The zero-order valence-corrected chi connectivity index (χ0v) is 14.2. The number of aromatic nitrogens is 5. The van der Waals surface area contributed by atoms with E-state index in [4.69, 9.17) is 16.3 Å². The van der Waals surface area contributed by atoms with Crippen LogP contribution in [0.25, 0.3) is 0 Å². The molecule has 1 fully saturated rings. The fraction of sp³-hybridized carbons (Fsp3) is 0.571. The maximum absolute atomic E-state index is 6.07. The highest BCUT2D eigenvalue weighted by Gasteiger charge is 2.37. The molecule has 1 aliphatic heterocycles. The van der Waals surface area contributed by atoms with E-state index in [9.17, 15) is 0 Å². The van der Waals surface area contributed by atoms with Crippen LogP contribution in [0.15, 0.2) is 18.6 Å². The Labute approximate surface area is 140 Å². The number of anilines is 1. The molecule has 3 rings (SSSR count). The van der Waals surface area contributed by atoms with E-state index in [0.717, 1.165) is 13.1 Å². The van der Waals surface area contributed by atoms with Gasteiger partial charge in [0, 0.05) is 19.3 Å². The van der Waals surface area contributed by atoms with Gasteiger partial charge < -0.3 is 14.5 Å². The summed E-state index contributed by atoms with van der Waals surface area (Å²) in [7, 11) is 4.12. The zero-order valence-electron chi connectivity index (χ0n) is 13.4. The van der Waals surface area contributed by atoms with Crippen molar-refractivity contribution in [2.24, 2.45) is 0 Å². The van der Waals surface area contributed by atoms with Crippen LogP contribution < -0.4 is 9.64 Å². The van der Waals surface area contributed by atoms with Crippen LogP contribution in [0.4, 0.5) is 5.95 Å². The number of ether oxygens (including phenoxy) is 1. The van der Waals surface area contributed by atoms with Crippen molar-refractivity contribution in [2.75, 3.05) is 38.7 Å². The van der Waals surface area contributed by atoms with Crippen LogP contribution in [0.1, 0.15) is 13.0 Å². The lowest BCUT2D eigenvalue weighted by molar-refractivity contribution is 0.243. The van der Waals surface area contributed by atoms with Crippen molar-refractivity contribution in [3.05, 3.63) is 23.6 Å². The molecule has 1 aliphatic rings. The zero-order chi connectivity index (χ0) is 16.4. The van der Waals surface area contributed by atoms with E-state index in [1.54, 1.807) is 12.4 Å². The SMILES string of the molecule is CCOc1nc(N2C[C@@H](N(C)C)[C@@H](n3ccnn3)C2)ncc1Cl. The molecule has 124 valence electrons. The second kappa shape index (κ2) is 6.67. The summed E-state index contributed by atoms with van der Waals surface area (Å²) in [5.74, 6) is 1.04. The molecular formula is C14H20ClN7O. The van der Waals surface area contributed by atoms with Crippen LogP contribution in [0.3, 0.4) is 0 Å². The molecule has 0 saturated carbocycles. The summed E-state index contributed by atoms with van der Waals surface area (Å²) >= 11 is 6.07. The van der Waals surface area contributed by atoms with E-state index in [1.807, 2.05) is 17.8 Å². The maximum atomic E-state index is 6.07. The standard InChI is InChI=1S/C14H20ClN7O/c1-4-23-13-10(15)7-16-14(18-13)21-8-11(20(2)3)12(9-21)22-6-5-17-19-22/h5-7,11-12H,4,8-9H2,1-3H3/t11-,12+/m1/s1. The summed E-state index contributed by atoms with van der Waals surface area (Å²) < 4.78 is 7.36. The van der Waals surface area contributed by atoms with Gasteiger partial charge in [-0.25, -0.2) is 9.67 Å². The van der Waals surface area contributed by atoms with Crippen molar-refractivity contribution in [3.8, 4) is 5.88 Å². The highest BCUT2D eigenvalue weighted by molar-refractivity contribution is 6.31. The Morgan fingerprint density at radius 3 is 2.87 bits per heavy atom. The number of nitrogens with zero attached hydrogens (tertiary/aromatic N) is 7. The molecule has 2 atom stereocenters. The number of halogens is 1. The van der Waals surface area contributed by atoms with Crippen molar-refractivity contribution in [1.29, 1.82) is 0 Å². The maximum Gasteiger partial charge on any atom is 0.237 e. The van der Waals surface area contributed by atoms with Gasteiger partial charge >= 0.3 is 0 Å². The molecular weight excluding hydrogens is 318 g/mol. The van der Waals surface area contributed by atoms with Crippen LogP contribution >= 0.6 is 11.6 Å². The minimum atomic E-state index is 0.183. The van der Waals surface area contributed by atoms with Gasteiger partial charge in [0.05, 0.1) is 31.1 Å². The summed E-state index contributed by atoms with van der Waals surface area (Å²) in [5.41, 5.74) is 0. The second-order valence-corrected chi connectivity index (χ2v) is 6.05. The minimum absolute atomic E-state index is 0.183. The van der Waals surface area contributed by atoms with Crippen LogP contribution in [0, 0.1) is 0 Å². The van der Waals surface area contributed by atoms with Crippen molar-refractivity contribution in [1.82, 2.24) is 29.9 Å². The molecule has 1 saturated heterocycles. The van der Waals surface area contributed by atoms with Gasteiger partial charge in [0.2, 0.25) is 11.8 Å². The lowest BCUT2D eigenvalue weighted by atomic mass is 10.1. The normalized spacial score (nSPS) is 21.2. The van der Waals surface area contributed by atoms with Gasteiger partial charge in [-0.15, -0.1) is 5.10 Å². The fourth-order valence-corrected chi connectivity index (χ4v) is 2.97. The Kier molecular flexibility index (Phi) is 4.63. The van der Waals surface area contributed by atoms with Crippen molar-refractivity contribution in [2.45, 2.75) is 19.0 Å². The highest BCUT2D eigenvalue weighted by Crippen LogP contribution is 2.29. The molecule has 8 nitrogen and oxygen atoms in total. The van der Waals surface area contributed by atoms with E-state index >= 15 is 0 Å². The molecule has 0 spiro atoms. The van der Waals surface area contributed by atoms with Gasteiger partial charge in [0.15, 0.2) is 0 Å². The summed E-state index contributed by atoms with van der Waals surface area (Å²) in [4.78, 5) is 13.1. The number of rotatable bonds is 5. The fourth-order valence-electron chi connectivity index (χ4n) is 2.83. The van der Waals surface area contributed by atoms with Crippen molar-refractivity contribution < 1.29 is 4.74 Å². The quantitative estimate of drug-likeness (QED) is 0.809. The molecule has 0 aromatic carbocycles. The smallest absolute Gasteiger partial charge is 0.237 e. The Balaban J connectivity index is 1.85. The topological polar surface area (TPSA) is 72.2 Å². The first-order valence-corrected chi connectivity index (χ1v) is 7.90. The van der Waals surface area contributed by atoms with E-state index in [1.165, 1.54) is 0 Å². The van der Waals surface area contributed by atoms with Gasteiger partial charge in [0.1, 0.15) is 5.02 Å². The predicted octanol–water partition coefficient (Wildman–Crippen LogP) is 1.11. The monoisotopic (exact) mass is 337 g/mol. The molecule has 3 heterocycles. The summed E-state index contributed by atoms with van der Waals surface area (Å²) in [6.07, 6.45) is 5.17. The van der Waals surface area contributed by atoms with Gasteiger partial charge in [-0.2, -0.15) is 4.98 Å². The van der Waals surface area contributed by atoms with E-state index in [2.05, 4.69) is 44.2 Å². The van der Waals surface area contributed by atoms with Crippen LogP contribution in [-0.2, 0) is 0 Å². The van der Waals surface area contributed by atoms with Crippen LogP contribution in [-0.4, -0.2) is 69.7 Å². The molecule has 9 heteroatoms. The molecule has 0 bridgehead atoms. The molecule has 2 aromatic rings.